The zero-order chi connectivity index (χ0) is 20.9. The number of alkyl halides is 6. The first-order valence-electron chi connectivity index (χ1n) is 7.40. The molecule has 28 heavy (non-hydrogen) atoms. The van der Waals surface area contributed by atoms with Crippen molar-refractivity contribution in [3.05, 3.63) is 46.0 Å². The molecule has 0 fully saturated rings. The van der Waals surface area contributed by atoms with Crippen molar-refractivity contribution in [3.8, 4) is 0 Å². The van der Waals surface area contributed by atoms with Crippen molar-refractivity contribution in [1.82, 2.24) is 14.9 Å². The van der Waals surface area contributed by atoms with E-state index < -0.39 is 53.8 Å². The Labute approximate surface area is 157 Å². The number of fused-ring (bicyclic) bond motifs is 1. The largest absolute Gasteiger partial charge is 0.471 e. The van der Waals surface area contributed by atoms with Crippen LogP contribution in [0.4, 0.5) is 42.4 Å². The number of nitrogens with zero attached hydrogens (tertiary/aromatic N) is 3. The van der Waals surface area contributed by atoms with Gasteiger partial charge in [-0.1, -0.05) is 11.6 Å². The highest BCUT2D eigenvalue weighted by atomic mass is 35.5. The molecule has 1 amide bonds. The van der Waals surface area contributed by atoms with Gasteiger partial charge in [-0.3, -0.25) is 4.79 Å². The molecule has 1 aromatic heterocycles. The lowest BCUT2D eigenvalue weighted by atomic mass is 10.1. The minimum atomic E-state index is -5.06. The fourth-order valence-electron chi connectivity index (χ4n) is 2.57. The molecule has 0 radical (unpaired) electrons. The van der Waals surface area contributed by atoms with Gasteiger partial charge in [-0.25, -0.2) is 14.4 Å². The van der Waals surface area contributed by atoms with Gasteiger partial charge in [0.25, 0.3) is 0 Å². The number of halogens is 8. The van der Waals surface area contributed by atoms with Crippen LogP contribution in [0.25, 0.3) is 0 Å². The minimum Gasteiger partial charge on any atom is -0.326 e. The Kier molecular flexibility index (Phi) is 4.86. The highest BCUT2D eigenvalue weighted by molar-refractivity contribution is 6.30. The predicted molar refractivity (Wildman–Crippen MR) is 82.0 cm³/mol. The summed E-state index contributed by atoms with van der Waals surface area (Å²) in [5.74, 6) is -3.42. The van der Waals surface area contributed by atoms with Gasteiger partial charge in [-0.05, 0) is 23.3 Å². The second-order valence-electron chi connectivity index (χ2n) is 5.78. The summed E-state index contributed by atoms with van der Waals surface area (Å²) in [6.45, 7) is -0.829. The summed E-state index contributed by atoms with van der Waals surface area (Å²) in [6.07, 6.45) is -9.43. The summed E-state index contributed by atoms with van der Waals surface area (Å²) in [5, 5.41) is 1.41. The van der Waals surface area contributed by atoms with Crippen LogP contribution in [0.1, 0.15) is 16.7 Å². The van der Waals surface area contributed by atoms with Gasteiger partial charge in [0, 0.05) is 19.3 Å². The Hall–Kier alpha value is -2.63. The van der Waals surface area contributed by atoms with Crippen molar-refractivity contribution >= 4 is 29.1 Å². The second kappa shape index (κ2) is 6.76. The van der Waals surface area contributed by atoms with E-state index in [0.29, 0.717) is 11.1 Å². The van der Waals surface area contributed by atoms with Gasteiger partial charge in [0.2, 0.25) is 5.95 Å². The van der Waals surface area contributed by atoms with Crippen LogP contribution in [0.2, 0.25) is 5.15 Å². The van der Waals surface area contributed by atoms with Gasteiger partial charge in [0.15, 0.2) is 0 Å². The molecule has 0 spiro atoms. The normalized spacial score (nSPS) is 14.2. The number of benzene rings is 1. The zero-order valence-corrected chi connectivity index (χ0v) is 14.2. The highest BCUT2D eigenvalue weighted by Crippen LogP contribution is 2.35. The quantitative estimate of drug-likeness (QED) is 0.568. The molecule has 0 atom stereocenters. The standard InChI is InChI=1S/C15H8ClF7N4O/c16-11-8(14(18,19)20)3-24-13(26-11)25-10-2-7-5-27(12(28)15(21,22)23)4-6(7)1-9(10)17/h1-3H,4-5H2,(H,24,25,26). The molecule has 1 aliphatic heterocycles. The lowest BCUT2D eigenvalue weighted by molar-refractivity contribution is -0.186. The van der Waals surface area contributed by atoms with E-state index in [2.05, 4.69) is 15.3 Å². The molecule has 2 aromatic rings. The maximum Gasteiger partial charge on any atom is 0.471 e. The van der Waals surface area contributed by atoms with E-state index in [9.17, 15) is 35.5 Å². The first-order chi connectivity index (χ1) is 12.9. The maximum absolute atomic E-state index is 14.2. The molecule has 5 nitrogen and oxygen atoms in total. The lowest BCUT2D eigenvalue weighted by Gasteiger charge is -2.16. The molecule has 1 aliphatic rings. The number of amides is 1. The summed E-state index contributed by atoms with van der Waals surface area (Å²) in [5.41, 5.74) is -1.17. The van der Waals surface area contributed by atoms with E-state index in [-0.39, 0.29) is 16.8 Å². The van der Waals surface area contributed by atoms with E-state index in [1.807, 2.05) is 0 Å². The number of carbonyl (C=O) groups excluding carboxylic acids is 1. The summed E-state index contributed by atoms with van der Waals surface area (Å²) in [4.78, 5) is 18.6. The number of nitrogens with one attached hydrogen (secondary N) is 1. The molecular formula is C15H8ClF7N4O. The molecule has 0 saturated heterocycles. The van der Waals surface area contributed by atoms with Crippen LogP contribution in [0.3, 0.4) is 0 Å². The number of anilines is 2. The van der Waals surface area contributed by atoms with Gasteiger partial charge < -0.3 is 10.2 Å². The fraction of sp³-hybridized carbons (Fsp3) is 0.267. The summed E-state index contributed by atoms with van der Waals surface area (Å²) in [7, 11) is 0. The number of hydrogen-bond donors (Lipinski definition) is 1. The third-order valence-corrected chi connectivity index (χ3v) is 4.12. The van der Waals surface area contributed by atoms with Crippen LogP contribution in [-0.2, 0) is 24.1 Å². The number of carbonyl (C=O) groups is 1. The molecule has 0 aliphatic carbocycles. The average molecular weight is 429 g/mol. The van der Waals surface area contributed by atoms with Crippen molar-refractivity contribution in [2.45, 2.75) is 25.4 Å². The smallest absolute Gasteiger partial charge is 0.326 e. The van der Waals surface area contributed by atoms with Crippen molar-refractivity contribution < 1.29 is 35.5 Å². The van der Waals surface area contributed by atoms with Crippen LogP contribution < -0.4 is 5.32 Å². The lowest BCUT2D eigenvalue weighted by Crippen LogP contribution is -2.37. The molecule has 3 rings (SSSR count). The Morgan fingerprint density at radius 2 is 1.71 bits per heavy atom. The number of aromatic nitrogens is 2. The SMILES string of the molecule is O=C(N1Cc2cc(F)c(Nc3ncc(C(F)(F)F)c(Cl)n3)cc2C1)C(F)(F)F. The molecule has 1 N–H and O–H groups in total. The highest BCUT2D eigenvalue weighted by Gasteiger charge is 2.44. The van der Waals surface area contributed by atoms with Gasteiger partial charge in [0.1, 0.15) is 16.5 Å². The first-order valence-corrected chi connectivity index (χ1v) is 7.78. The third-order valence-electron chi connectivity index (χ3n) is 3.84. The molecule has 2 heterocycles. The maximum atomic E-state index is 14.2. The second-order valence-corrected chi connectivity index (χ2v) is 6.14. The molecule has 0 bridgehead atoms. The summed E-state index contributed by atoms with van der Waals surface area (Å²) >= 11 is 5.45. The van der Waals surface area contributed by atoms with Gasteiger partial charge in [-0.15, -0.1) is 0 Å². The zero-order valence-electron chi connectivity index (χ0n) is 13.4. The molecule has 0 unspecified atom stereocenters. The Morgan fingerprint density at radius 3 is 2.25 bits per heavy atom. The average Bonchev–Trinajstić information content (AvgIpc) is 2.95. The van der Waals surface area contributed by atoms with Crippen LogP contribution in [0.5, 0.6) is 0 Å². The number of rotatable bonds is 2. The van der Waals surface area contributed by atoms with Crippen molar-refractivity contribution in [3.63, 3.8) is 0 Å². The topological polar surface area (TPSA) is 58.1 Å². The first kappa shape index (κ1) is 20.1. The summed E-state index contributed by atoms with van der Waals surface area (Å²) in [6, 6.07) is 2.05. The van der Waals surface area contributed by atoms with Crippen molar-refractivity contribution in [2.75, 3.05) is 5.32 Å². The Morgan fingerprint density at radius 1 is 1.11 bits per heavy atom. The molecular weight excluding hydrogens is 421 g/mol. The van der Waals surface area contributed by atoms with Crippen LogP contribution in [0.15, 0.2) is 18.3 Å². The van der Waals surface area contributed by atoms with Crippen LogP contribution in [-0.4, -0.2) is 27.0 Å². The van der Waals surface area contributed by atoms with E-state index in [4.69, 9.17) is 11.6 Å². The van der Waals surface area contributed by atoms with E-state index >= 15 is 0 Å². The summed E-state index contributed by atoms with van der Waals surface area (Å²) < 4.78 is 89.8. The van der Waals surface area contributed by atoms with E-state index in [0.717, 1.165) is 12.1 Å². The van der Waals surface area contributed by atoms with Crippen molar-refractivity contribution in [2.24, 2.45) is 0 Å². The Balaban J connectivity index is 1.83. The van der Waals surface area contributed by atoms with Crippen LogP contribution >= 0.6 is 11.6 Å². The molecule has 0 saturated carbocycles. The van der Waals surface area contributed by atoms with Gasteiger partial charge >= 0.3 is 18.3 Å². The minimum absolute atomic E-state index is 0.173. The molecule has 13 heteroatoms. The van der Waals surface area contributed by atoms with E-state index in [1.165, 1.54) is 0 Å². The van der Waals surface area contributed by atoms with Gasteiger partial charge in [-0.2, -0.15) is 26.3 Å². The van der Waals surface area contributed by atoms with Crippen molar-refractivity contribution in [1.29, 1.82) is 0 Å². The molecule has 1 aromatic carbocycles. The van der Waals surface area contributed by atoms with Gasteiger partial charge in [0.05, 0.1) is 5.69 Å². The molecule has 150 valence electrons. The monoisotopic (exact) mass is 428 g/mol. The predicted octanol–water partition coefficient (Wildman–Crippen LogP) is 4.44. The van der Waals surface area contributed by atoms with Crippen LogP contribution in [0, 0.1) is 5.82 Å². The Bertz CT molecular complexity index is 945. The fourth-order valence-corrected chi connectivity index (χ4v) is 2.81. The third kappa shape index (κ3) is 3.96. The number of hydrogen-bond acceptors (Lipinski definition) is 4. The van der Waals surface area contributed by atoms with E-state index in [1.54, 1.807) is 0 Å².